The summed E-state index contributed by atoms with van der Waals surface area (Å²) in [5.41, 5.74) is 4.27. The van der Waals surface area contributed by atoms with Gasteiger partial charge in [0.05, 0.1) is 17.0 Å². The van der Waals surface area contributed by atoms with Crippen LogP contribution in [0.3, 0.4) is 0 Å². The van der Waals surface area contributed by atoms with E-state index in [1.807, 2.05) is 17.6 Å². The number of fused-ring (bicyclic) bond motifs is 2. The smallest absolute Gasteiger partial charge is 0.177 e. The zero-order chi connectivity index (χ0) is 19.9. The van der Waals surface area contributed by atoms with Gasteiger partial charge in [-0.25, -0.2) is 13.4 Å². The molecular weight excluding hydrogens is 374 g/mol. The summed E-state index contributed by atoms with van der Waals surface area (Å²) >= 11 is 0. The number of methoxy groups -OCH3 is 1. The van der Waals surface area contributed by atoms with Crippen LogP contribution in [0.1, 0.15) is 16.8 Å². The van der Waals surface area contributed by atoms with Crippen LogP contribution in [0.25, 0.3) is 10.9 Å². The Kier molecular flexibility index (Phi) is 4.89. The van der Waals surface area contributed by atoms with Gasteiger partial charge in [0, 0.05) is 50.3 Å². The normalized spacial score (nSPS) is 14.5. The molecule has 28 heavy (non-hydrogen) atoms. The van der Waals surface area contributed by atoms with Crippen LogP contribution in [0.5, 0.6) is 0 Å². The Hall–Kier alpha value is -2.38. The lowest BCUT2D eigenvalue weighted by Gasteiger charge is -2.30. The van der Waals surface area contributed by atoms with Crippen LogP contribution in [0.2, 0.25) is 0 Å². The number of hydrogen-bond donors (Lipinski definition) is 0. The van der Waals surface area contributed by atoms with Gasteiger partial charge in [0.15, 0.2) is 15.7 Å². The Morgan fingerprint density at radius 3 is 2.64 bits per heavy atom. The maximum atomic E-state index is 12.5. The molecule has 0 spiro atoms. The zero-order valence-corrected chi connectivity index (χ0v) is 17.3. The van der Waals surface area contributed by atoms with Crippen LogP contribution < -0.4 is 4.90 Å². The number of pyridine rings is 1. The predicted octanol–water partition coefficient (Wildman–Crippen LogP) is 2.96. The highest BCUT2D eigenvalue weighted by molar-refractivity contribution is 7.91. The second kappa shape index (κ2) is 7.22. The van der Waals surface area contributed by atoms with Crippen LogP contribution in [-0.4, -0.2) is 44.5 Å². The van der Waals surface area contributed by atoms with Crippen molar-refractivity contribution >= 4 is 26.6 Å². The minimum absolute atomic E-state index is 0.389. The van der Waals surface area contributed by atoms with Crippen molar-refractivity contribution in [3.05, 3.63) is 53.3 Å². The second-order valence-corrected chi connectivity index (χ2v) is 9.25. The quantitative estimate of drug-likeness (QED) is 0.660. The Morgan fingerprint density at radius 2 is 1.93 bits per heavy atom. The number of hydrogen-bond acceptors (Lipinski definition) is 5. The first-order valence-electron chi connectivity index (χ1n) is 9.40. The van der Waals surface area contributed by atoms with Crippen molar-refractivity contribution in [1.82, 2.24) is 9.55 Å². The third kappa shape index (κ3) is 3.18. The molecule has 0 N–H and O–H groups in total. The van der Waals surface area contributed by atoms with Gasteiger partial charge in [0.2, 0.25) is 0 Å². The zero-order valence-electron chi connectivity index (χ0n) is 16.5. The van der Waals surface area contributed by atoms with Gasteiger partial charge in [-0.1, -0.05) is 24.3 Å². The average molecular weight is 400 g/mol. The third-order valence-corrected chi connectivity index (χ3v) is 6.73. The van der Waals surface area contributed by atoms with E-state index in [1.54, 1.807) is 13.3 Å². The van der Waals surface area contributed by atoms with Gasteiger partial charge >= 0.3 is 0 Å². The fourth-order valence-electron chi connectivity index (χ4n) is 4.22. The summed E-state index contributed by atoms with van der Waals surface area (Å²) in [5, 5.41) is 0.736. The van der Waals surface area contributed by atoms with E-state index >= 15 is 0 Å². The summed E-state index contributed by atoms with van der Waals surface area (Å²) in [6.07, 6.45) is 3.94. The third-order valence-electron chi connectivity index (χ3n) is 5.47. The fourth-order valence-corrected chi connectivity index (χ4v) is 5.43. The van der Waals surface area contributed by atoms with Crippen LogP contribution in [0.4, 0.5) is 5.82 Å². The molecule has 4 rings (SSSR count). The first-order valence-corrected chi connectivity index (χ1v) is 11.3. The molecule has 1 aliphatic heterocycles. The number of ether oxygens (including phenoxy) is 1. The lowest BCUT2D eigenvalue weighted by atomic mass is 10.00. The molecule has 0 aliphatic carbocycles. The SMILES string of the molecule is COCCn1c(C)c(S(C)(=O)=O)c2ccnc(N3CCc4ccccc4C3)c21. The summed E-state index contributed by atoms with van der Waals surface area (Å²) in [5.74, 6) is 0.834. The molecule has 0 fully saturated rings. The molecule has 3 heterocycles. The maximum absolute atomic E-state index is 12.5. The summed E-state index contributed by atoms with van der Waals surface area (Å²) in [6.45, 7) is 4.57. The molecule has 0 saturated heterocycles. The molecule has 0 atom stereocenters. The summed E-state index contributed by atoms with van der Waals surface area (Å²) < 4.78 is 32.4. The van der Waals surface area contributed by atoms with E-state index in [9.17, 15) is 8.42 Å². The van der Waals surface area contributed by atoms with Crippen molar-refractivity contribution in [2.75, 3.05) is 31.4 Å². The van der Waals surface area contributed by atoms with Crippen molar-refractivity contribution < 1.29 is 13.2 Å². The van der Waals surface area contributed by atoms with Crippen LogP contribution in [-0.2, 0) is 34.1 Å². The molecule has 7 heteroatoms. The molecule has 0 bridgehead atoms. The molecule has 0 radical (unpaired) electrons. The van der Waals surface area contributed by atoms with E-state index in [1.165, 1.54) is 17.4 Å². The monoisotopic (exact) mass is 399 g/mol. The van der Waals surface area contributed by atoms with E-state index in [0.717, 1.165) is 41.9 Å². The van der Waals surface area contributed by atoms with Gasteiger partial charge in [-0.2, -0.15) is 0 Å². The van der Waals surface area contributed by atoms with Crippen molar-refractivity contribution in [2.45, 2.75) is 31.3 Å². The van der Waals surface area contributed by atoms with E-state index in [0.29, 0.717) is 18.0 Å². The van der Waals surface area contributed by atoms with Gasteiger partial charge in [-0.15, -0.1) is 0 Å². The molecular formula is C21H25N3O3S. The molecule has 0 unspecified atom stereocenters. The van der Waals surface area contributed by atoms with E-state index < -0.39 is 9.84 Å². The standard InChI is InChI=1S/C21H25N3O3S/c1-15-20(28(3,25)26)18-8-10-22-21(19(18)24(15)12-13-27-2)23-11-9-16-6-4-5-7-17(16)14-23/h4-8,10H,9,11-14H2,1-3H3. The molecule has 6 nitrogen and oxygen atoms in total. The number of sulfone groups is 1. The van der Waals surface area contributed by atoms with Crippen molar-refractivity contribution in [3.8, 4) is 0 Å². The number of nitrogens with zero attached hydrogens (tertiary/aromatic N) is 3. The number of anilines is 1. The molecule has 0 amide bonds. The van der Waals surface area contributed by atoms with Gasteiger partial charge < -0.3 is 14.2 Å². The first kappa shape index (κ1) is 19.0. The van der Waals surface area contributed by atoms with Gasteiger partial charge in [-0.05, 0) is 30.5 Å². The Balaban J connectivity index is 1.90. The summed E-state index contributed by atoms with van der Waals surface area (Å²) in [7, 11) is -1.72. The minimum Gasteiger partial charge on any atom is -0.383 e. The van der Waals surface area contributed by atoms with Crippen molar-refractivity contribution in [2.24, 2.45) is 0 Å². The van der Waals surface area contributed by atoms with Crippen LogP contribution in [0, 0.1) is 6.92 Å². The average Bonchev–Trinajstić information content (AvgIpc) is 2.97. The molecule has 0 saturated carbocycles. The molecule has 1 aromatic carbocycles. The van der Waals surface area contributed by atoms with Crippen molar-refractivity contribution in [1.29, 1.82) is 0 Å². The highest BCUT2D eigenvalue weighted by atomic mass is 32.2. The summed E-state index contributed by atoms with van der Waals surface area (Å²) in [4.78, 5) is 7.32. The topological polar surface area (TPSA) is 64.4 Å². The van der Waals surface area contributed by atoms with E-state index in [-0.39, 0.29) is 0 Å². The molecule has 3 aromatic rings. The second-order valence-electron chi connectivity index (χ2n) is 7.30. The Morgan fingerprint density at radius 1 is 1.18 bits per heavy atom. The molecule has 1 aliphatic rings. The Bertz CT molecular complexity index is 1140. The molecule has 148 valence electrons. The Labute approximate surface area is 165 Å². The lowest BCUT2D eigenvalue weighted by Crippen LogP contribution is -2.31. The van der Waals surface area contributed by atoms with Gasteiger partial charge in [0.1, 0.15) is 0 Å². The van der Waals surface area contributed by atoms with Gasteiger partial charge in [-0.3, -0.25) is 0 Å². The molecule has 2 aromatic heterocycles. The van der Waals surface area contributed by atoms with Crippen LogP contribution >= 0.6 is 0 Å². The first-order chi connectivity index (χ1) is 13.4. The van der Waals surface area contributed by atoms with Gasteiger partial charge in [0.25, 0.3) is 0 Å². The largest absolute Gasteiger partial charge is 0.383 e. The van der Waals surface area contributed by atoms with Crippen molar-refractivity contribution in [3.63, 3.8) is 0 Å². The maximum Gasteiger partial charge on any atom is 0.177 e. The van der Waals surface area contributed by atoms with Crippen LogP contribution in [0.15, 0.2) is 41.4 Å². The number of rotatable bonds is 5. The predicted molar refractivity (Wildman–Crippen MR) is 111 cm³/mol. The number of aromatic nitrogens is 2. The highest BCUT2D eigenvalue weighted by Crippen LogP contribution is 2.36. The highest BCUT2D eigenvalue weighted by Gasteiger charge is 2.27. The van der Waals surface area contributed by atoms with E-state index in [2.05, 4.69) is 34.1 Å². The minimum atomic E-state index is -3.37. The van der Waals surface area contributed by atoms with E-state index in [4.69, 9.17) is 4.74 Å². The summed E-state index contributed by atoms with van der Waals surface area (Å²) in [6, 6.07) is 10.3. The fraction of sp³-hybridized carbons (Fsp3) is 0.381. The number of benzene rings is 1. The lowest BCUT2D eigenvalue weighted by molar-refractivity contribution is 0.188.